The van der Waals surface area contributed by atoms with Crippen LogP contribution < -0.4 is 0 Å². The van der Waals surface area contributed by atoms with E-state index >= 15 is 0 Å². The number of allylic oxidation sites excluding steroid dienone is 1. The van der Waals surface area contributed by atoms with E-state index in [9.17, 15) is 0 Å². The fourth-order valence-corrected chi connectivity index (χ4v) is 1.21. The first kappa shape index (κ1) is 7.76. The standard InChI is InChI=1S/C7H8ClNS/c8-5-2-1-3-7-4-6-10-9-7/h1,3-4,6H,2,5H2/b3-1+. The molecule has 10 heavy (non-hydrogen) atoms. The Morgan fingerprint density at radius 3 is 3.20 bits per heavy atom. The minimum atomic E-state index is 0.681. The molecule has 0 bridgehead atoms. The maximum absolute atomic E-state index is 5.47. The van der Waals surface area contributed by atoms with E-state index in [0.717, 1.165) is 12.1 Å². The third kappa shape index (κ3) is 2.50. The third-order valence-corrected chi connectivity index (χ3v) is 1.81. The highest BCUT2D eigenvalue weighted by Crippen LogP contribution is 2.02. The van der Waals surface area contributed by atoms with Gasteiger partial charge in [0.15, 0.2) is 0 Å². The summed E-state index contributed by atoms with van der Waals surface area (Å²) in [5.74, 6) is 0.681. The molecule has 0 aliphatic heterocycles. The number of nitrogens with zero attached hydrogens (tertiary/aromatic N) is 1. The van der Waals surface area contributed by atoms with Gasteiger partial charge in [-0.2, -0.15) is 4.37 Å². The summed E-state index contributed by atoms with van der Waals surface area (Å²) in [7, 11) is 0. The molecular formula is C7H8ClNS. The van der Waals surface area contributed by atoms with Crippen molar-refractivity contribution in [3.63, 3.8) is 0 Å². The fourth-order valence-electron chi connectivity index (χ4n) is 0.575. The molecule has 0 aromatic carbocycles. The average Bonchev–Trinajstić information content (AvgIpc) is 2.41. The summed E-state index contributed by atoms with van der Waals surface area (Å²) in [4.78, 5) is 0. The van der Waals surface area contributed by atoms with Gasteiger partial charge in [-0.05, 0) is 30.1 Å². The Labute approximate surface area is 69.5 Å². The first-order chi connectivity index (χ1) is 4.93. The second-order valence-corrected chi connectivity index (χ2v) is 2.85. The fraction of sp³-hybridized carbons (Fsp3) is 0.286. The van der Waals surface area contributed by atoms with Crippen LogP contribution in [0.25, 0.3) is 6.08 Å². The van der Waals surface area contributed by atoms with E-state index in [1.165, 1.54) is 11.5 Å². The zero-order valence-corrected chi connectivity index (χ0v) is 7.03. The highest BCUT2D eigenvalue weighted by atomic mass is 35.5. The van der Waals surface area contributed by atoms with Crippen molar-refractivity contribution in [2.75, 3.05) is 5.88 Å². The van der Waals surface area contributed by atoms with Crippen LogP contribution in [0.1, 0.15) is 12.1 Å². The van der Waals surface area contributed by atoms with Crippen molar-refractivity contribution in [2.24, 2.45) is 0 Å². The molecule has 0 fully saturated rings. The third-order valence-electron chi connectivity index (χ3n) is 1.02. The molecule has 0 spiro atoms. The number of hydrogen-bond donors (Lipinski definition) is 0. The van der Waals surface area contributed by atoms with Gasteiger partial charge in [-0.25, -0.2) is 0 Å². The van der Waals surface area contributed by atoms with Crippen molar-refractivity contribution < 1.29 is 0 Å². The molecule has 0 aliphatic rings. The van der Waals surface area contributed by atoms with Crippen molar-refractivity contribution in [3.8, 4) is 0 Å². The molecule has 1 heterocycles. The largest absolute Gasteiger partial charge is 0.193 e. The van der Waals surface area contributed by atoms with Crippen LogP contribution in [0, 0.1) is 0 Å². The van der Waals surface area contributed by atoms with E-state index in [1.54, 1.807) is 0 Å². The lowest BCUT2D eigenvalue weighted by Gasteiger charge is -1.80. The summed E-state index contributed by atoms with van der Waals surface area (Å²) in [6.45, 7) is 0. The molecule has 0 amide bonds. The van der Waals surface area contributed by atoms with Crippen LogP contribution in [0.5, 0.6) is 0 Å². The van der Waals surface area contributed by atoms with Crippen molar-refractivity contribution in [1.29, 1.82) is 0 Å². The molecule has 1 nitrogen and oxygen atoms in total. The number of aromatic nitrogens is 1. The maximum atomic E-state index is 5.47. The predicted octanol–water partition coefficient (Wildman–Crippen LogP) is 2.79. The monoisotopic (exact) mass is 173 g/mol. The molecule has 0 atom stereocenters. The van der Waals surface area contributed by atoms with Gasteiger partial charge < -0.3 is 0 Å². The van der Waals surface area contributed by atoms with Gasteiger partial charge in [0, 0.05) is 11.3 Å². The molecule has 0 radical (unpaired) electrons. The summed E-state index contributed by atoms with van der Waals surface area (Å²) in [5, 5.41) is 1.96. The summed E-state index contributed by atoms with van der Waals surface area (Å²) in [5.41, 5.74) is 1.02. The van der Waals surface area contributed by atoms with Crippen molar-refractivity contribution in [1.82, 2.24) is 4.37 Å². The normalized spacial score (nSPS) is 10.9. The topological polar surface area (TPSA) is 12.9 Å². The van der Waals surface area contributed by atoms with Crippen molar-refractivity contribution >= 4 is 29.2 Å². The zero-order valence-electron chi connectivity index (χ0n) is 5.46. The van der Waals surface area contributed by atoms with Gasteiger partial charge in [-0.1, -0.05) is 6.08 Å². The first-order valence-corrected chi connectivity index (χ1v) is 4.43. The van der Waals surface area contributed by atoms with Crippen molar-refractivity contribution in [2.45, 2.75) is 6.42 Å². The van der Waals surface area contributed by atoms with E-state index < -0.39 is 0 Å². The first-order valence-electron chi connectivity index (χ1n) is 3.06. The van der Waals surface area contributed by atoms with Gasteiger partial charge in [0.25, 0.3) is 0 Å². The summed E-state index contributed by atoms with van der Waals surface area (Å²) in [6, 6.07) is 1.98. The Morgan fingerprint density at radius 1 is 1.70 bits per heavy atom. The smallest absolute Gasteiger partial charge is 0.0765 e. The Balaban J connectivity index is 2.40. The molecule has 0 N–H and O–H groups in total. The van der Waals surface area contributed by atoms with E-state index in [2.05, 4.69) is 4.37 Å². The lowest BCUT2D eigenvalue weighted by atomic mass is 10.3. The summed E-state index contributed by atoms with van der Waals surface area (Å²) < 4.78 is 4.10. The van der Waals surface area contributed by atoms with Gasteiger partial charge in [-0.3, -0.25) is 0 Å². The van der Waals surface area contributed by atoms with Crippen LogP contribution >= 0.6 is 23.1 Å². The highest BCUT2D eigenvalue weighted by Gasteiger charge is 1.84. The molecule has 0 unspecified atom stereocenters. The highest BCUT2D eigenvalue weighted by molar-refractivity contribution is 7.03. The van der Waals surface area contributed by atoms with Crippen LogP contribution in [0.4, 0.5) is 0 Å². The van der Waals surface area contributed by atoms with Crippen LogP contribution in [0.15, 0.2) is 17.5 Å². The Hall–Kier alpha value is -0.340. The van der Waals surface area contributed by atoms with Crippen LogP contribution in [-0.2, 0) is 0 Å². The minimum absolute atomic E-state index is 0.681. The molecule has 1 aromatic rings. The molecule has 1 rings (SSSR count). The molecular weight excluding hydrogens is 166 g/mol. The molecule has 3 heteroatoms. The molecule has 54 valence electrons. The number of hydrogen-bond acceptors (Lipinski definition) is 2. The molecule has 1 aromatic heterocycles. The molecule has 0 saturated heterocycles. The second-order valence-electron chi connectivity index (χ2n) is 1.80. The van der Waals surface area contributed by atoms with Crippen LogP contribution in [0.3, 0.4) is 0 Å². The quantitative estimate of drug-likeness (QED) is 0.641. The van der Waals surface area contributed by atoms with Crippen molar-refractivity contribution in [3.05, 3.63) is 23.2 Å². The minimum Gasteiger partial charge on any atom is -0.193 e. The summed E-state index contributed by atoms with van der Waals surface area (Å²) >= 11 is 6.94. The Morgan fingerprint density at radius 2 is 2.60 bits per heavy atom. The van der Waals surface area contributed by atoms with E-state index in [1.807, 2.05) is 23.6 Å². The maximum Gasteiger partial charge on any atom is 0.0765 e. The van der Waals surface area contributed by atoms with E-state index in [-0.39, 0.29) is 0 Å². The van der Waals surface area contributed by atoms with Crippen LogP contribution in [0.2, 0.25) is 0 Å². The lowest BCUT2D eigenvalue weighted by molar-refractivity contribution is 1.24. The summed E-state index contributed by atoms with van der Waals surface area (Å²) in [6.07, 6.45) is 4.93. The average molecular weight is 174 g/mol. The van der Waals surface area contributed by atoms with Gasteiger partial charge in [0.2, 0.25) is 0 Å². The predicted molar refractivity (Wildman–Crippen MR) is 46.5 cm³/mol. The van der Waals surface area contributed by atoms with Gasteiger partial charge >= 0.3 is 0 Å². The number of rotatable bonds is 3. The van der Waals surface area contributed by atoms with Gasteiger partial charge in [0.05, 0.1) is 5.69 Å². The van der Waals surface area contributed by atoms with Gasteiger partial charge in [0.1, 0.15) is 0 Å². The Bertz CT molecular complexity index is 193. The number of alkyl halides is 1. The SMILES string of the molecule is ClCC/C=C/c1ccsn1. The lowest BCUT2D eigenvalue weighted by Crippen LogP contribution is -1.68. The Kier molecular flexibility index (Phi) is 3.47. The van der Waals surface area contributed by atoms with Gasteiger partial charge in [-0.15, -0.1) is 11.6 Å². The van der Waals surface area contributed by atoms with E-state index in [0.29, 0.717) is 5.88 Å². The van der Waals surface area contributed by atoms with E-state index in [4.69, 9.17) is 11.6 Å². The zero-order chi connectivity index (χ0) is 7.23. The van der Waals surface area contributed by atoms with Crippen LogP contribution in [-0.4, -0.2) is 10.3 Å². The molecule has 0 saturated carbocycles. The number of halogens is 1. The molecule has 0 aliphatic carbocycles. The second kappa shape index (κ2) is 4.47.